The maximum absolute atomic E-state index is 10.2. The Morgan fingerprint density at radius 1 is 1.90 bits per heavy atom. The third kappa shape index (κ3) is 2.94. The molecule has 0 saturated heterocycles. The molecule has 5 heteroatoms. The van der Waals surface area contributed by atoms with E-state index in [4.69, 9.17) is 10.6 Å². The van der Waals surface area contributed by atoms with Crippen molar-refractivity contribution in [2.24, 2.45) is 5.11 Å². The van der Waals surface area contributed by atoms with Gasteiger partial charge in [0.2, 0.25) is 0 Å². The Kier molecular flexibility index (Phi) is 4.07. The topological polar surface area (TPSA) is 86.1 Å². The number of aliphatic carboxylic acids is 1. The average Bonchev–Trinajstić information content (AvgIpc) is 1.87. The third-order valence-corrected chi connectivity index (χ3v) is 1.04. The van der Waals surface area contributed by atoms with E-state index in [2.05, 4.69) is 10.0 Å². The number of rotatable bonds is 4. The van der Waals surface area contributed by atoms with Gasteiger partial charge in [0, 0.05) is 4.91 Å². The van der Waals surface area contributed by atoms with Gasteiger partial charge in [0.1, 0.15) is 6.04 Å². The molecule has 1 atom stereocenters. The molecule has 0 spiro atoms. The van der Waals surface area contributed by atoms with Crippen LogP contribution >= 0.6 is 0 Å². The van der Waals surface area contributed by atoms with Crippen LogP contribution in [0.1, 0.15) is 19.8 Å². The first-order valence-corrected chi connectivity index (χ1v) is 2.99. The van der Waals surface area contributed by atoms with E-state index in [0.29, 0.717) is 12.8 Å². The van der Waals surface area contributed by atoms with Crippen LogP contribution in [0, 0.1) is 0 Å². The summed E-state index contributed by atoms with van der Waals surface area (Å²) in [5.41, 5.74) is 7.91. The van der Waals surface area contributed by atoms with Crippen molar-refractivity contribution in [1.82, 2.24) is 0 Å². The molecule has 10 heavy (non-hydrogen) atoms. The Morgan fingerprint density at radius 3 is 2.80 bits per heavy atom. The second-order valence-electron chi connectivity index (χ2n) is 1.85. The Labute approximate surface area is 58.3 Å². The zero-order valence-corrected chi connectivity index (χ0v) is 5.69. The van der Waals surface area contributed by atoms with Crippen molar-refractivity contribution in [3.63, 3.8) is 0 Å². The van der Waals surface area contributed by atoms with E-state index in [-0.39, 0.29) is 0 Å². The van der Waals surface area contributed by atoms with Gasteiger partial charge in [-0.25, -0.2) is 0 Å². The van der Waals surface area contributed by atoms with Crippen molar-refractivity contribution in [1.29, 1.82) is 0 Å². The van der Waals surface area contributed by atoms with Crippen LogP contribution in [0.2, 0.25) is 0 Å². The SMILES string of the molecule is CCC[C@@H](N=[N+]=[N-])C(=O)O. The number of azide groups is 1. The molecule has 0 aromatic heterocycles. The highest BCUT2D eigenvalue weighted by molar-refractivity contribution is 5.73. The highest BCUT2D eigenvalue weighted by Gasteiger charge is 2.12. The molecule has 5 nitrogen and oxygen atoms in total. The molecule has 56 valence electrons. The average molecular weight is 143 g/mol. The fourth-order valence-corrected chi connectivity index (χ4v) is 0.566. The second-order valence-corrected chi connectivity index (χ2v) is 1.85. The van der Waals surface area contributed by atoms with E-state index in [1.165, 1.54) is 0 Å². The summed E-state index contributed by atoms with van der Waals surface area (Å²) in [4.78, 5) is 12.6. The van der Waals surface area contributed by atoms with Crippen molar-refractivity contribution < 1.29 is 9.90 Å². The van der Waals surface area contributed by atoms with Crippen molar-refractivity contribution in [3.8, 4) is 0 Å². The van der Waals surface area contributed by atoms with E-state index >= 15 is 0 Å². The van der Waals surface area contributed by atoms with Gasteiger partial charge in [0.15, 0.2) is 0 Å². The van der Waals surface area contributed by atoms with Crippen LogP contribution in [0.25, 0.3) is 10.4 Å². The van der Waals surface area contributed by atoms with Crippen molar-refractivity contribution in [2.45, 2.75) is 25.8 Å². The van der Waals surface area contributed by atoms with Crippen molar-refractivity contribution >= 4 is 5.97 Å². The lowest BCUT2D eigenvalue weighted by molar-refractivity contribution is -0.138. The summed E-state index contributed by atoms with van der Waals surface area (Å²) in [6.07, 6.45) is 1.11. The summed E-state index contributed by atoms with van der Waals surface area (Å²) < 4.78 is 0. The van der Waals surface area contributed by atoms with Crippen molar-refractivity contribution in [2.75, 3.05) is 0 Å². The van der Waals surface area contributed by atoms with Gasteiger partial charge in [-0.15, -0.1) is 0 Å². The van der Waals surface area contributed by atoms with Crippen LogP contribution in [0.3, 0.4) is 0 Å². The smallest absolute Gasteiger partial charge is 0.312 e. The normalized spacial score (nSPS) is 11.7. The van der Waals surface area contributed by atoms with Gasteiger partial charge in [-0.05, 0) is 12.0 Å². The molecule has 0 aliphatic heterocycles. The molecule has 0 rings (SSSR count). The summed E-state index contributed by atoms with van der Waals surface area (Å²) in [7, 11) is 0. The molecule has 0 saturated carbocycles. The number of carboxylic acids is 1. The molecule has 0 aromatic carbocycles. The highest BCUT2D eigenvalue weighted by atomic mass is 16.4. The molecule has 0 unspecified atom stereocenters. The predicted molar refractivity (Wildman–Crippen MR) is 35.5 cm³/mol. The van der Waals surface area contributed by atoms with Crippen LogP contribution in [-0.4, -0.2) is 17.1 Å². The largest absolute Gasteiger partial charge is 0.481 e. The molecular formula is C5H9N3O2. The zero-order chi connectivity index (χ0) is 7.98. The fraction of sp³-hybridized carbons (Fsp3) is 0.800. The fourth-order valence-electron chi connectivity index (χ4n) is 0.566. The van der Waals surface area contributed by atoms with E-state index in [0.717, 1.165) is 0 Å². The van der Waals surface area contributed by atoms with Crippen LogP contribution in [0.4, 0.5) is 0 Å². The minimum atomic E-state index is -1.06. The first-order valence-electron chi connectivity index (χ1n) is 2.99. The van der Waals surface area contributed by atoms with Crippen LogP contribution in [0.15, 0.2) is 5.11 Å². The van der Waals surface area contributed by atoms with Crippen LogP contribution in [-0.2, 0) is 4.79 Å². The standard InChI is InChI=1S/C5H9N3O2/c1-2-3-4(5(9)10)7-8-6/h4H,2-3H2,1H3,(H,9,10)/t4-/m1/s1. The number of carboxylic acid groups (broad SMARTS) is 1. The van der Waals surface area contributed by atoms with Gasteiger partial charge < -0.3 is 5.11 Å². The molecule has 0 amide bonds. The maximum Gasteiger partial charge on any atom is 0.312 e. The van der Waals surface area contributed by atoms with Gasteiger partial charge in [-0.1, -0.05) is 18.5 Å². The predicted octanol–water partition coefficient (Wildman–Crippen LogP) is 1.55. The molecule has 0 bridgehead atoms. The molecule has 0 heterocycles. The van der Waals surface area contributed by atoms with Crippen LogP contribution < -0.4 is 0 Å². The molecule has 0 fully saturated rings. The van der Waals surface area contributed by atoms with E-state index in [1.807, 2.05) is 6.92 Å². The molecule has 0 radical (unpaired) electrons. The minimum Gasteiger partial charge on any atom is -0.481 e. The zero-order valence-electron chi connectivity index (χ0n) is 5.69. The second kappa shape index (κ2) is 4.64. The Balaban J connectivity index is 3.97. The van der Waals surface area contributed by atoms with Gasteiger partial charge >= 0.3 is 5.97 Å². The monoisotopic (exact) mass is 143 g/mol. The summed E-state index contributed by atoms with van der Waals surface area (Å²) >= 11 is 0. The minimum absolute atomic E-state index is 0.402. The summed E-state index contributed by atoms with van der Waals surface area (Å²) in [5.74, 6) is -1.06. The molecule has 0 aliphatic carbocycles. The molecular weight excluding hydrogens is 134 g/mol. The lowest BCUT2D eigenvalue weighted by Crippen LogP contribution is -2.16. The van der Waals surface area contributed by atoms with Gasteiger partial charge in [0.25, 0.3) is 0 Å². The van der Waals surface area contributed by atoms with Crippen LogP contribution in [0.5, 0.6) is 0 Å². The summed E-state index contributed by atoms with van der Waals surface area (Å²) in [6.45, 7) is 1.84. The first-order chi connectivity index (χ1) is 4.72. The van der Waals surface area contributed by atoms with Gasteiger partial charge in [0.05, 0.1) is 0 Å². The maximum atomic E-state index is 10.2. The van der Waals surface area contributed by atoms with Gasteiger partial charge in [-0.3, -0.25) is 4.79 Å². The van der Waals surface area contributed by atoms with Gasteiger partial charge in [-0.2, -0.15) is 0 Å². The van der Waals surface area contributed by atoms with E-state index in [1.54, 1.807) is 0 Å². The molecule has 0 aliphatic rings. The lowest BCUT2D eigenvalue weighted by Gasteiger charge is -2.00. The van der Waals surface area contributed by atoms with E-state index in [9.17, 15) is 4.79 Å². The quantitative estimate of drug-likeness (QED) is 0.367. The third-order valence-electron chi connectivity index (χ3n) is 1.04. The Hall–Kier alpha value is -1.22. The first kappa shape index (κ1) is 8.78. The Morgan fingerprint density at radius 2 is 2.50 bits per heavy atom. The van der Waals surface area contributed by atoms with E-state index < -0.39 is 12.0 Å². The highest BCUT2D eigenvalue weighted by Crippen LogP contribution is 2.01. The number of nitrogens with zero attached hydrogens (tertiary/aromatic N) is 3. The summed E-state index contributed by atoms with van der Waals surface area (Å²) in [5, 5.41) is 11.5. The Bertz CT molecular complexity index is 160. The molecule has 1 N–H and O–H groups in total. The summed E-state index contributed by atoms with van der Waals surface area (Å²) in [6, 6.07) is -0.894. The number of carbonyl (C=O) groups is 1. The number of hydrogen-bond acceptors (Lipinski definition) is 2. The number of hydrogen-bond donors (Lipinski definition) is 1. The molecule has 0 aromatic rings. The van der Waals surface area contributed by atoms with Crippen molar-refractivity contribution in [3.05, 3.63) is 10.4 Å². The lowest BCUT2D eigenvalue weighted by atomic mass is 10.2.